The van der Waals surface area contributed by atoms with Gasteiger partial charge in [-0.05, 0) is 18.2 Å². The molecule has 1 heterocycles. The van der Waals surface area contributed by atoms with E-state index in [4.69, 9.17) is 0 Å². The third kappa shape index (κ3) is 1.95. The van der Waals surface area contributed by atoms with Gasteiger partial charge in [0.2, 0.25) is 11.4 Å². The van der Waals surface area contributed by atoms with E-state index < -0.39 is 5.82 Å². The minimum absolute atomic E-state index is 0.231. The fourth-order valence-corrected chi connectivity index (χ4v) is 2.04. The maximum Gasteiger partial charge on any atom is 0.241 e. The molecular weight excluding hydrogens is 259 g/mol. The van der Waals surface area contributed by atoms with E-state index in [9.17, 15) is 9.18 Å². The summed E-state index contributed by atoms with van der Waals surface area (Å²) >= 11 is 0. The second-order valence-corrected chi connectivity index (χ2v) is 3.98. The van der Waals surface area contributed by atoms with Gasteiger partial charge >= 0.3 is 0 Å². The summed E-state index contributed by atoms with van der Waals surface area (Å²) in [7, 11) is 3.24. The van der Waals surface area contributed by atoms with Crippen LogP contribution in [-0.4, -0.2) is 27.6 Å². The Morgan fingerprint density at radius 1 is 1.25 bits per heavy atom. The molecule has 0 bridgehead atoms. The maximum absolute atomic E-state index is 13.3. The van der Waals surface area contributed by atoms with Gasteiger partial charge in [0.25, 0.3) is 0 Å². The van der Waals surface area contributed by atoms with Crippen LogP contribution in [0, 0.1) is 5.82 Å². The topological polar surface area (TPSA) is 60.1 Å². The van der Waals surface area contributed by atoms with Crippen LogP contribution in [0.2, 0.25) is 0 Å². The van der Waals surface area contributed by atoms with Gasteiger partial charge in [0.05, 0.1) is 0 Å². The minimum atomic E-state index is -0.403. The molecule has 3 rings (SSSR count). The average Bonchev–Trinajstić information content (AvgIpc) is 2.72. The van der Waals surface area contributed by atoms with Crippen molar-refractivity contribution in [1.82, 2.24) is 14.8 Å². The summed E-state index contributed by atoms with van der Waals surface area (Å²) in [6.45, 7) is 6.00. The zero-order chi connectivity index (χ0) is 14.9. The van der Waals surface area contributed by atoms with E-state index in [1.54, 1.807) is 14.1 Å². The molecule has 0 aliphatic heterocycles. The highest BCUT2D eigenvalue weighted by molar-refractivity contribution is 6.19. The molecule has 102 valence electrons. The van der Waals surface area contributed by atoms with Gasteiger partial charge in [0.15, 0.2) is 5.69 Å². The molecule has 5 nitrogen and oxygen atoms in total. The summed E-state index contributed by atoms with van der Waals surface area (Å²) in [5.41, 5.74) is 1.94. The number of carbonyl (C=O) groups excluding carboxylic acids is 1. The SMILES string of the molecule is C=C.CN=c1nc2c(nn1C)C(=O)c1ccc(F)cc1-2. The van der Waals surface area contributed by atoms with Crippen LogP contribution in [0.15, 0.2) is 36.3 Å². The third-order valence-corrected chi connectivity index (χ3v) is 2.87. The fourth-order valence-electron chi connectivity index (χ4n) is 2.04. The highest BCUT2D eigenvalue weighted by atomic mass is 19.1. The van der Waals surface area contributed by atoms with E-state index in [0.29, 0.717) is 22.4 Å². The molecule has 0 spiro atoms. The Morgan fingerprint density at radius 2 is 1.95 bits per heavy atom. The number of nitrogens with zero attached hydrogens (tertiary/aromatic N) is 4. The zero-order valence-corrected chi connectivity index (χ0v) is 11.2. The van der Waals surface area contributed by atoms with Crippen molar-refractivity contribution >= 4 is 5.78 Å². The molecule has 1 aliphatic carbocycles. The van der Waals surface area contributed by atoms with Crippen molar-refractivity contribution in [2.24, 2.45) is 12.0 Å². The number of hydrogen-bond acceptors (Lipinski definition) is 4. The molecule has 0 saturated carbocycles. The second kappa shape index (κ2) is 5.16. The first-order chi connectivity index (χ1) is 9.61. The predicted octanol–water partition coefficient (Wildman–Crippen LogP) is 1.50. The normalized spacial score (nSPS) is 12.6. The fraction of sp³-hybridized carbons (Fsp3) is 0.143. The van der Waals surface area contributed by atoms with Crippen molar-refractivity contribution in [2.45, 2.75) is 0 Å². The smallest absolute Gasteiger partial charge is 0.241 e. The number of fused-ring (bicyclic) bond motifs is 3. The van der Waals surface area contributed by atoms with E-state index in [1.165, 1.54) is 22.9 Å². The number of carbonyl (C=O) groups is 1. The second-order valence-electron chi connectivity index (χ2n) is 3.98. The largest absolute Gasteiger partial charge is 0.287 e. The molecule has 0 radical (unpaired) electrons. The van der Waals surface area contributed by atoms with Crippen LogP contribution in [-0.2, 0) is 7.05 Å². The van der Waals surface area contributed by atoms with Gasteiger partial charge in [-0.2, -0.15) is 5.10 Å². The van der Waals surface area contributed by atoms with Gasteiger partial charge in [0.1, 0.15) is 11.5 Å². The molecule has 6 heteroatoms. The van der Waals surface area contributed by atoms with Crippen LogP contribution >= 0.6 is 0 Å². The summed E-state index contributed by atoms with van der Waals surface area (Å²) in [6.07, 6.45) is 0. The lowest BCUT2D eigenvalue weighted by Crippen LogP contribution is -2.26. The lowest BCUT2D eigenvalue weighted by atomic mass is 10.1. The van der Waals surface area contributed by atoms with E-state index in [2.05, 4.69) is 28.2 Å². The number of ketones is 1. The third-order valence-electron chi connectivity index (χ3n) is 2.87. The molecule has 20 heavy (non-hydrogen) atoms. The molecule has 0 N–H and O–H groups in total. The lowest BCUT2D eigenvalue weighted by Gasteiger charge is -2.01. The highest BCUT2D eigenvalue weighted by Crippen LogP contribution is 2.33. The summed E-state index contributed by atoms with van der Waals surface area (Å²) in [5, 5.41) is 4.14. The van der Waals surface area contributed by atoms with Crippen molar-refractivity contribution in [1.29, 1.82) is 0 Å². The predicted molar refractivity (Wildman–Crippen MR) is 72.6 cm³/mol. The monoisotopic (exact) mass is 272 g/mol. The minimum Gasteiger partial charge on any atom is -0.287 e. The van der Waals surface area contributed by atoms with E-state index in [-0.39, 0.29) is 11.5 Å². The van der Waals surface area contributed by atoms with Crippen LogP contribution < -0.4 is 5.62 Å². The molecular formula is C14H13FN4O. The first-order valence-electron chi connectivity index (χ1n) is 5.84. The first-order valence-corrected chi connectivity index (χ1v) is 5.84. The Labute approximate surface area is 115 Å². The Kier molecular flexibility index (Phi) is 3.56. The van der Waals surface area contributed by atoms with Crippen molar-refractivity contribution in [3.63, 3.8) is 0 Å². The summed E-state index contributed by atoms with van der Waals surface area (Å²) in [5.74, 6) is -0.634. The standard InChI is InChI=1S/C12H9FN4O.C2H4/c1-14-12-15-9-8-5-6(13)3-4-7(8)11(18)10(9)16-17(12)2;1-2/h3-5H,1-2H3;1-2H2. The molecule has 0 fully saturated rings. The van der Waals surface area contributed by atoms with Crippen LogP contribution in [0.1, 0.15) is 16.1 Å². The number of benzene rings is 1. The zero-order valence-electron chi connectivity index (χ0n) is 11.2. The quantitative estimate of drug-likeness (QED) is 0.583. The number of hydrogen-bond donors (Lipinski definition) is 0. The van der Waals surface area contributed by atoms with Gasteiger partial charge in [-0.3, -0.25) is 9.79 Å². The van der Waals surface area contributed by atoms with Gasteiger partial charge in [-0.15, -0.1) is 13.2 Å². The van der Waals surface area contributed by atoms with Crippen LogP contribution in [0.5, 0.6) is 0 Å². The van der Waals surface area contributed by atoms with Gasteiger partial charge in [-0.25, -0.2) is 14.1 Å². The Bertz CT molecular complexity index is 764. The Morgan fingerprint density at radius 3 is 2.60 bits per heavy atom. The summed E-state index contributed by atoms with van der Waals surface area (Å²) in [4.78, 5) is 20.3. The highest BCUT2D eigenvalue weighted by Gasteiger charge is 2.30. The number of aromatic nitrogens is 3. The van der Waals surface area contributed by atoms with Crippen LogP contribution in [0.25, 0.3) is 11.3 Å². The van der Waals surface area contributed by atoms with Gasteiger partial charge in [-0.1, -0.05) is 0 Å². The van der Waals surface area contributed by atoms with E-state index in [0.717, 1.165) is 0 Å². The van der Waals surface area contributed by atoms with E-state index >= 15 is 0 Å². The molecule has 1 aliphatic rings. The van der Waals surface area contributed by atoms with Crippen molar-refractivity contribution < 1.29 is 9.18 Å². The molecule has 1 aromatic carbocycles. The summed E-state index contributed by atoms with van der Waals surface area (Å²) < 4.78 is 14.7. The van der Waals surface area contributed by atoms with Gasteiger partial charge in [0, 0.05) is 25.2 Å². The molecule has 2 aromatic rings. The Hall–Kier alpha value is -2.63. The molecule has 0 amide bonds. The maximum atomic E-state index is 13.3. The van der Waals surface area contributed by atoms with Crippen LogP contribution in [0.4, 0.5) is 4.39 Å². The number of aryl methyl sites for hydroxylation is 1. The Balaban J connectivity index is 0.000000704. The summed E-state index contributed by atoms with van der Waals surface area (Å²) in [6, 6.07) is 4.01. The van der Waals surface area contributed by atoms with Crippen molar-refractivity contribution in [2.75, 3.05) is 7.05 Å². The van der Waals surface area contributed by atoms with Crippen molar-refractivity contribution in [3.8, 4) is 11.3 Å². The number of rotatable bonds is 0. The van der Waals surface area contributed by atoms with E-state index in [1.807, 2.05) is 0 Å². The molecule has 0 saturated heterocycles. The lowest BCUT2D eigenvalue weighted by molar-refractivity contribution is 0.103. The number of halogens is 1. The van der Waals surface area contributed by atoms with Crippen LogP contribution in [0.3, 0.4) is 0 Å². The van der Waals surface area contributed by atoms with Gasteiger partial charge < -0.3 is 0 Å². The molecule has 0 unspecified atom stereocenters. The van der Waals surface area contributed by atoms with Crippen molar-refractivity contribution in [3.05, 3.63) is 54.0 Å². The molecule has 1 aromatic heterocycles. The first kappa shape index (κ1) is 13.8. The average molecular weight is 272 g/mol. The molecule has 0 atom stereocenters.